The van der Waals surface area contributed by atoms with Gasteiger partial charge in [-0.2, -0.15) is 0 Å². The standard InChI is InChI=1S/C16H14Cl2N2O3/c17-12-7-4-8-13(15(12)18)23-10-14(21)20-16(22)19-9-11-5-2-1-3-6-11/h1-8H,9-10H2,(H2,19,20,21,22). The summed E-state index contributed by atoms with van der Waals surface area (Å²) in [5, 5.41) is 5.28. The summed E-state index contributed by atoms with van der Waals surface area (Å²) >= 11 is 11.8. The van der Waals surface area contributed by atoms with E-state index in [4.69, 9.17) is 27.9 Å². The van der Waals surface area contributed by atoms with E-state index in [1.165, 1.54) is 0 Å². The fraction of sp³-hybridized carbons (Fsp3) is 0.125. The normalized spacial score (nSPS) is 10.0. The van der Waals surface area contributed by atoms with E-state index >= 15 is 0 Å². The molecule has 0 aliphatic carbocycles. The van der Waals surface area contributed by atoms with Crippen LogP contribution in [0.2, 0.25) is 10.0 Å². The number of rotatable bonds is 5. The molecule has 23 heavy (non-hydrogen) atoms. The zero-order chi connectivity index (χ0) is 16.7. The number of hydrogen-bond donors (Lipinski definition) is 2. The van der Waals surface area contributed by atoms with Gasteiger partial charge in [0.25, 0.3) is 5.91 Å². The van der Waals surface area contributed by atoms with Gasteiger partial charge in [-0.1, -0.05) is 59.6 Å². The molecule has 0 saturated carbocycles. The van der Waals surface area contributed by atoms with E-state index in [2.05, 4.69) is 10.6 Å². The number of ether oxygens (including phenoxy) is 1. The van der Waals surface area contributed by atoms with Crippen molar-refractivity contribution in [2.24, 2.45) is 0 Å². The number of halogens is 2. The first kappa shape index (κ1) is 17.1. The van der Waals surface area contributed by atoms with E-state index in [-0.39, 0.29) is 17.4 Å². The average Bonchev–Trinajstić information content (AvgIpc) is 2.55. The van der Waals surface area contributed by atoms with Crippen molar-refractivity contribution < 1.29 is 14.3 Å². The van der Waals surface area contributed by atoms with Gasteiger partial charge >= 0.3 is 6.03 Å². The molecule has 0 radical (unpaired) electrons. The Morgan fingerprint density at radius 2 is 1.74 bits per heavy atom. The fourth-order valence-electron chi connectivity index (χ4n) is 1.72. The Hall–Kier alpha value is -2.24. The Morgan fingerprint density at radius 3 is 2.48 bits per heavy atom. The third kappa shape index (κ3) is 5.47. The summed E-state index contributed by atoms with van der Waals surface area (Å²) < 4.78 is 5.23. The van der Waals surface area contributed by atoms with Crippen molar-refractivity contribution in [3.8, 4) is 5.75 Å². The van der Waals surface area contributed by atoms with E-state index in [0.29, 0.717) is 11.6 Å². The highest BCUT2D eigenvalue weighted by Crippen LogP contribution is 2.31. The molecule has 0 aromatic heterocycles. The van der Waals surface area contributed by atoms with Crippen LogP contribution in [0.15, 0.2) is 48.5 Å². The van der Waals surface area contributed by atoms with E-state index in [1.807, 2.05) is 30.3 Å². The zero-order valence-corrected chi connectivity index (χ0v) is 13.5. The molecule has 120 valence electrons. The lowest BCUT2D eigenvalue weighted by Gasteiger charge is -2.09. The third-order valence-corrected chi connectivity index (χ3v) is 3.63. The van der Waals surface area contributed by atoms with Crippen LogP contribution in [0.25, 0.3) is 0 Å². The molecule has 0 fully saturated rings. The van der Waals surface area contributed by atoms with Gasteiger partial charge in [-0.3, -0.25) is 10.1 Å². The van der Waals surface area contributed by atoms with E-state index in [1.54, 1.807) is 18.2 Å². The maximum Gasteiger partial charge on any atom is 0.321 e. The quantitative estimate of drug-likeness (QED) is 0.866. The van der Waals surface area contributed by atoms with Gasteiger partial charge in [-0.05, 0) is 17.7 Å². The number of hydrogen-bond acceptors (Lipinski definition) is 3. The van der Waals surface area contributed by atoms with Crippen molar-refractivity contribution in [2.75, 3.05) is 6.61 Å². The van der Waals surface area contributed by atoms with Gasteiger partial charge < -0.3 is 10.1 Å². The predicted molar refractivity (Wildman–Crippen MR) is 88.8 cm³/mol. The first-order valence-corrected chi connectivity index (χ1v) is 7.50. The van der Waals surface area contributed by atoms with Crippen LogP contribution >= 0.6 is 23.2 Å². The number of urea groups is 1. The molecule has 2 aromatic rings. The maximum atomic E-state index is 11.7. The average molecular weight is 353 g/mol. The second-order valence-electron chi connectivity index (χ2n) is 4.56. The van der Waals surface area contributed by atoms with Crippen molar-refractivity contribution >= 4 is 35.1 Å². The first-order chi connectivity index (χ1) is 11.1. The van der Waals surface area contributed by atoms with Crippen molar-refractivity contribution in [1.29, 1.82) is 0 Å². The zero-order valence-electron chi connectivity index (χ0n) is 12.0. The van der Waals surface area contributed by atoms with Crippen LogP contribution in [0, 0.1) is 0 Å². The molecule has 0 unspecified atom stereocenters. The van der Waals surface area contributed by atoms with Crippen LogP contribution in [0.5, 0.6) is 5.75 Å². The molecule has 0 heterocycles. The second-order valence-corrected chi connectivity index (χ2v) is 5.34. The molecular formula is C16H14Cl2N2O3. The lowest BCUT2D eigenvalue weighted by atomic mass is 10.2. The van der Waals surface area contributed by atoms with Gasteiger partial charge in [0.2, 0.25) is 0 Å². The van der Waals surface area contributed by atoms with Crippen molar-refractivity contribution in [3.63, 3.8) is 0 Å². The summed E-state index contributed by atoms with van der Waals surface area (Å²) in [7, 11) is 0. The molecule has 0 saturated heterocycles. The molecule has 0 aliphatic rings. The van der Waals surface area contributed by atoms with Gasteiger partial charge in [0.05, 0.1) is 5.02 Å². The minimum Gasteiger partial charge on any atom is -0.482 e. The molecule has 2 aromatic carbocycles. The van der Waals surface area contributed by atoms with Crippen LogP contribution in [-0.4, -0.2) is 18.5 Å². The summed E-state index contributed by atoms with van der Waals surface area (Å²) in [6, 6.07) is 13.6. The summed E-state index contributed by atoms with van der Waals surface area (Å²) in [5.41, 5.74) is 0.928. The van der Waals surface area contributed by atoms with E-state index in [9.17, 15) is 9.59 Å². The van der Waals surface area contributed by atoms with Crippen LogP contribution < -0.4 is 15.4 Å². The van der Waals surface area contributed by atoms with Gasteiger partial charge in [0, 0.05) is 6.54 Å². The minimum absolute atomic E-state index is 0.218. The lowest BCUT2D eigenvalue weighted by molar-refractivity contribution is -0.122. The van der Waals surface area contributed by atoms with Gasteiger partial charge in [-0.15, -0.1) is 0 Å². The maximum absolute atomic E-state index is 11.7. The Bertz CT molecular complexity index is 693. The van der Waals surface area contributed by atoms with Crippen LogP contribution in [0.3, 0.4) is 0 Å². The number of nitrogens with one attached hydrogen (secondary N) is 2. The minimum atomic E-state index is -0.598. The topological polar surface area (TPSA) is 67.4 Å². The molecule has 7 heteroatoms. The molecular weight excluding hydrogens is 339 g/mol. The first-order valence-electron chi connectivity index (χ1n) is 6.74. The summed E-state index contributed by atoms with van der Waals surface area (Å²) in [4.78, 5) is 23.3. The Labute approximate surface area is 143 Å². The SMILES string of the molecule is O=C(COc1cccc(Cl)c1Cl)NC(=O)NCc1ccccc1. The smallest absolute Gasteiger partial charge is 0.321 e. The number of benzene rings is 2. The van der Waals surface area contributed by atoms with Crippen molar-refractivity contribution in [3.05, 3.63) is 64.1 Å². The number of imide groups is 1. The number of amides is 3. The largest absolute Gasteiger partial charge is 0.482 e. The molecule has 2 N–H and O–H groups in total. The predicted octanol–water partition coefficient (Wildman–Crippen LogP) is 3.40. The van der Waals surface area contributed by atoms with Crippen molar-refractivity contribution in [2.45, 2.75) is 6.54 Å². The Kier molecular flexibility index (Phi) is 6.26. The molecule has 0 spiro atoms. The summed E-state index contributed by atoms with van der Waals surface area (Å²) in [6.45, 7) is -0.0280. The Morgan fingerprint density at radius 1 is 1.00 bits per heavy atom. The second kappa shape index (κ2) is 8.41. The molecule has 0 bridgehead atoms. The summed E-state index contributed by atoms with van der Waals surface area (Å²) in [6.07, 6.45) is 0. The summed E-state index contributed by atoms with van der Waals surface area (Å²) in [5.74, 6) is -0.314. The van der Waals surface area contributed by atoms with Gasteiger partial charge in [0.1, 0.15) is 10.8 Å². The monoisotopic (exact) mass is 352 g/mol. The molecule has 5 nitrogen and oxygen atoms in total. The highest BCUT2D eigenvalue weighted by Gasteiger charge is 2.10. The van der Waals surface area contributed by atoms with Gasteiger partial charge in [0.15, 0.2) is 6.61 Å². The highest BCUT2D eigenvalue weighted by atomic mass is 35.5. The molecule has 2 rings (SSSR count). The van der Waals surface area contributed by atoms with Crippen LogP contribution in [-0.2, 0) is 11.3 Å². The van der Waals surface area contributed by atoms with Crippen LogP contribution in [0.4, 0.5) is 4.79 Å². The number of carbonyl (C=O) groups is 2. The van der Waals surface area contributed by atoms with Gasteiger partial charge in [-0.25, -0.2) is 4.79 Å². The Balaban J connectivity index is 1.76. The van der Waals surface area contributed by atoms with E-state index in [0.717, 1.165) is 5.56 Å². The number of carbonyl (C=O) groups excluding carboxylic acids is 2. The lowest BCUT2D eigenvalue weighted by Crippen LogP contribution is -2.41. The van der Waals surface area contributed by atoms with Crippen LogP contribution in [0.1, 0.15) is 5.56 Å². The molecule has 0 atom stereocenters. The molecule has 0 aliphatic heterocycles. The molecule has 3 amide bonds. The van der Waals surface area contributed by atoms with E-state index < -0.39 is 11.9 Å². The van der Waals surface area contributed by atoms with Crippen molar-refractivity contribution in [1.82, 2.24) is 10.6 Å². The third-order valence-electron chi connectivity index (χ3n) is 2.82. The highest BCUT2D eigenvalue weighted by molar-refractivity contribution is 6.42. The fourth-order valence-corrected chi connectivity index (χ4v) is 2.07.